The van der Waals surface area contributed by atoms with Gasteiger partial charge in [0.25, 0.3) is 5.56 Å². The standard InChI is InChI=1S/C10H11NO3/c1-7(12)9-3-2-4-11(10(9)13)8-5-14-6-8/h2-4,8H,5-6H2,1H3. The lowest BCUT2D eigenvalue weighted by atomic mass is 10.2. The van der Waals surface area contributed by atoms with Gasteiger partial charge in [-0.1, -0.05) is 0 Å². The largest absolute Gasteiger partial charge is 0.377 e. The van der Waals surface area contributed by atoms with E-state index in [1.807, 2.05) is 0 Å². The maximum absolute atomic E-state index is 11.7. The van der Waals surface area contributed by atoms with Crippen molar-refractivity contribution in [1.82, 2.24) is 4.57 Å². The molecule has 0 N–H and O–H groups in total. The van der Waals surface area contributed by atoms with Gasteiger partial charge in [0, 0.05) is 6.20 Å². The normalized spacial score (nSPS) is 16.4. The van der Waals surface area contributed by atoms with Gasteiger partial charge in [-0.25, -0.2) is 0 Å². The zero-order valence-corrected chi connectivity index (χ0v) is 7.90. The minimum absolute atomic E-state index is 0.0989. The Morgan fingerprint density at radius 1 is 1.57 bits per heavy atom. The van der Waals surface area contributed by atoms with Gasteiger partial charge >= 0.3 is 0 Å². The topological polar surface area (TPSA) is 48.3 Å². The fraction of sp³-hybridized carbons (Fsp3) is 0.400. The fourth-order valence-electron chi connectivity index (χ4n) is 1.45. The van der Waals surface area contributed by atoms with Crippen molar-refractivity contribution in [2.24, 2.45) is 0 Å². The van der Waals surface area contributed by atoms with Crippen LogP contribution in [0.1, 0.15) is 23.3 Å². The van der Waals surface area contributed by atoms with E-state index in [0.717, 1.165) is 0 Å². The lowest BCUT2D eigenvalue weighted by molar-refractivity contribution is -0.0249. The number of carbonyl (C=O) groups is 1. The first-order valence-electron chi connectivity index (χ1n) is 4.50. The van der Waals surface area contributed by atoms with Crippen LogP contribution in [0.15, 0.2) is 23.1 Å². The van der Waals surface area contributed by atoms with Crippen molar-refractivity contribution in [2.75, 3.05) is 13.2 Å². The molecule has 0 bridgehead atoms. The number of aromatic nitrogens is 1. The number of rotatable bonds is 2. The zero-order valence-electron chi connectivity index (χ0n) is 7.90. The van der Waals surface area contributed by atoms with Gasteiger partial charge in [-0.2, -0.15) is 0 Å². The number of nitrogens with zero attached hydrogens (tertiary/aromatic N) is 1. The highest BCUT2D eigenvalue weighted by Gasteiger charge is 2.22. The Bertz CT molecular complexity index is 418. The number of ketones is 1. The molecule has 74 valence electrons. The zero-order chi connectivity index (χ0) is 10.1. The summed E-state index contributed by atoms with van der Waals surface area (Å²) >= 11 is 0. The molecule has 2 heterocycles. The summed E-state index contributed by atoms with van der Waals surface area (Å²) in [4.78, 5) is 22.8. The van der Waals surface area contributed by atoms with Gasteiger partial charge in [0.05, 0.1) is 24.8 Å². The fourth-order valence-corrected chi connectivity index (χ4v) is 1.45. The SMILES string of the molecule is CC(=O)c1cccn(C2COC2)c1=O. The second-order valence-electron chi connectivity index (χ2n) is 3.38. The summed E-state index contributed by atoms with van der Waals surface area (Å²) < 4.78 is 6.57. The van der Waals surface area contributed by atoms with Crippen molar-refractivity contribution in [3.8, 4) is 0 Å². The summed E-state index contributed by atoms with van der Waals surface area (Å²) in [6, 6.07) is 3.37. The minimum atomic E-state index is -0.215. The predicted molar refractivity (Wildman–Crippen MR) is 50.6 cm³/mol. The van der Waals surface area contributed by atoms with Crippen LogP contribution in [0.3, 0.4) is 0 Å². The van der Waals surface area contributed by atoms with Crippen LogP contribution < -0.4 is 5.56 Å². The molecule has 0 atom stereocenters. The van der Waals surface area contributed by atoms with Crippen molar-refractivity contribution < 1.29 is 9.53 Å². The molecule has 4 nitrogen and oxygen atoms in total. The Morgan fingerprint density at radius 3 is 2.79 bits per heavy atom. The first kappa shape index (κ1) is 9.15. The lowest BCUT2D eigenvalue weighted by Gasteiger charge is -2.27. The average Bonchev–Trinajstić information content (AvgIpc) is 2.04. The van der Waals surface area contributed by atoms with Crippen molar-refractivity contribution in [3.63, 3.8) is 0 Å². The number of pyridine rings is 1. The molecule has 2 rings (SSSR count). The molecule has 1 aliphatic rings. The van der Waals surface area contributed by atoms with E-state index in [2.05, 4.69) is 0 Å². The summed E-state index contributed by atoms with van der Waals surface area (Å²) in [5.74, 6) is -0.190. The molecule has 0 saturated carbocycles. The van der Waals surface area contributed by atoms with E-state index in [1.54, 1.807) is 22.9 Å². The summed E-state index contributed by atoms with van der Waals surface area (Å²) in [6.07, 6.45) is 1.70. The van der Waals surface area contributed by atoms with Crippen LogP contribution in [0.4, 0.5) is 0 Å². The van der Waals surface area contributed by atoms with Crippen LogP contribution in [0.5, 0.6) is 0 Å². The van der Waals surface area contributed by atoms with Gasteiger partial charge < -0.3 is 9.30 Å². The second kappa shape index (κ2) is 3.38. The Hall–Kier alpha value is -1.42. The third kappa shape index (κ3) is 1.37. The van der Waals surface area contributed by atoms with E-state index >= 15 is 0 Å². The predicted octanol–water partition coefficient (Wildman–Crippen LogP) is 0.622. The molecule has 1 aliphatic heterocycles. The molecule has 1 aromatic rings. The van der Waals surface area contributed by atoms with Crippen LogP contribution in [-0.2, 0) is 4.74 Å². The second-order valence-corrected chi connectivity index (χ2v) is 3.38. The maximum atomic E-state index is 11.7. The van der Waals surface area contributed by atoms with Gasteiger partial charge in [0.15, 0.2) is 5.78 Å². The van der Waals surface area contributed by atoms with Gasteiger partial charge in [0.1, 0.15) is 0 Å². The molecular weight excluding hydrogens is 182 g/mol. The summed E-state index contributed by atoms with van der Waals surface area (Å²) in [5.41, 5.74) is 0.0349. The number of ether oxygens (including phenoxy) is 1. The van der Waals surface area contributed by atoms with E-state index in [0.29, 0.717) is 13.2 Å². The Morgan fingerprint density at radius 2 is 2.29 bits per heavy atom. The van der Waals surface area contributed by atoms with E-state index in [1.165, 1.54) is 6.92 Å². The molecule has 0 amide bonds. The van der Waals surface area contributed by atoms with Crippen LogP contribution >= 0.6 is 0 Å². The Labute approximate surface area is 81.1 Å². The lowest BCUT2D eigenvalue weighted by Crippen LogP contribution is -2.38. The smallest absolute Gasteiger partial charge is 0.261 e. The summed E-state index contributed by atoms with van der Waals surface area (Å²) in [5, 5.41) is 0. The van der Waals surface area contributed by atoms with Gasteiger partial charge in [-0.15, -0.1) is 0 Å². The maximum Gasteiger partial charge on any atom is 0.261 e. The van der Waals surface area contributed by atoms with E-state index in [-0.39, 0.29) is 22.9 Å². The monoisotopic (exact) mass is 193 g/mol. The molecule has 1 fully saturated rings. The highest BCUT2D eigenvalue weighted by atomic mass is 16.5. The summed E-state index contributed by atoms with van der Waals surface area (Å²) in [6.45, 7) is 2.51. The third-order valence-electron chi connectivity index (χ3n) is 2.37. The molecule has 0 aromatic carbocycles. The molecule has 1 aromatic heterocycles. The van der Waals surface area contributed by atoms with Crippen molar-refractivity contribution in [1.29, 1.82) is 0 Å². The quantitative estimate of drug-likeness (QED) is 0.647. The van der Waals surface area contributed by atoms with E-state index < -0.39 is 0 Å². The number of Topliss-reactive ketones (excluding diaryl/α,β-unsaturated/α-hetero) is 1. The molecule has 0 radical (unpaired) electrons. The van der Waals surface area contributed by atoms with Crippen molar-refractivity contribution in [2.45, 2.75) is 13.0 Å². The molecule has 1 saturated heterocycles. The Kier molecular flexibility index (Phi) is 2.21. The highest BCUT2D eigenvalue weighted by molar-refractivity contribution is 5.93. The molecule has 0 unspecified atom stereocenters. The number of hydrogen-bond acceptors (Lipinski definition) is 3. The number of carbonyl (C=O) groups excluding carboxylic acids is 1. The minimum Gasteiger partial charge on any atom is -0.377 e. The van der Waals surface area contributed by atoms with Gasteiger partial charge in [0.2, 0.25) is 0 Å². The van der Waals surface area contributed by atoms with E-state index in [4.69, 9.17) is 4.74 Å². The van der Waals surface area contributed by atoms with Gasteiger partial charge in [-0.05, 0) is 19.1 Å². The Balaban J connectivity index is 2.46. The van der Waals surface area contributed by atoms with Gasteiger partial charge in [-0.3, -0.25) is 9.59 Å². The molecular formula is C10H11NO3. The van der Waals surface area contributed by atoms with Crippen molar-refractivity contribution >= 4 is 5.78 Å². The van der Waals surface area contributed by atoms with E-state index in [9.17, 15) is 9.59 Å². The van der Waals surface area contributed by atoms with Crippen LogP contribution in [0.25, 0.3) is 0 Å². The first-order chi connectivity index (χ1) is 6.70. The summed E-state index contributed by atoms with van der Waals surface area (Å²) in [7, 11) is 0. The molecule has 0 spiro atoms. The van der Waals surface area contributed by atoms with Crippen LogP contribution in [-0.4, -0.2) is 23.6 Å². The number of hydrogen-bond donors (Lipinski definition) is 0. The third-order valence-corrected chi connectivity index (χ3v) is 2.37. The average molecular weight is 193 g/mol. The van der Waals surface area contributed by atoms with Crippen LogP contribution in [0, 0.1) is 0 Å². The van der Waals surface area contributed by atoms with Crippen LogP contribution in [0.2, 0.25) is 0 Å². The molecule has 14 heavy (non-hydrogen) atoms. The molecule has 0 aliphatic carbocycles. The first-order valence-corrected chi connectivity index (χ1v) is 4.50. The van der Waals surface area contributed by atoms with Crippen molar-refractivity contribution in [3.05, 3.63) is 34.2 Å². The highest BCUT2D eigenvalue weighted by Crippen LogP contribution is 2.14. The molecule has 4 heteroatoms.